The van der Waals surface area contributed by atoms with E-state index in [0.717, 1.165) is 11.8 Å². The molecule has 0 radical (unpaired) electrons. The van der Waals surface area contributed by atoms with Crippen molar-refractivity contribution in [2.24, 2.45) is 0 Å². The van der Waals surface area contributed by atoms with Gasteiger partial charge in [0, 0.05) is 44.6 Å². The number of carboxylic acid groups (broad SMARTS) is 1. The number of anilines is 1. The van der Waals surface area contributed by atoms with Gasteiger partial charge < -0.3 is 19.5 Å². The van der Waals surface area contributed by atoms with Gasteiger partial charge in [0.1, 0.15) is 5.82 Å². The average molecular weight is 297 g/mol. The summed E-state index contributed by atoms with van der Waals surface area (Å²) in [6.07, 6.45) is 2.37. The number of nitrogens with zero attached hydrogens (tertiary/aromatic N) is 1. The maximum atomic E-state index is 13.4. The predicted molar refractivity (Wildman–Crippen MR) is 79.0 cm³/mol. The minimum atomic E-state index is -1.08. The van der Waals surface area contributed by atoms with Crippen molar-refractivity contribution in [1.82, 2.24) is 0 Å². The number of rotatable bonds is 9. The van der Waals surface area contributed by atoms with E-state index in [0.29, 0.717) is 31.9 Å². The van der Waals surface area contributed by atoms with Gasteiger partial charge in [-0.1, -0.05) is 0 Å². The van der Waals surface area contributed by atoms with Crippen LogP contribution >= 0.6 is 0 Å². The van der Waals surface area contributed by atoms with Crippen LogP contribution < -0.4 is 4.90 Å². The van der Waals surface area contributed by atoms with Gasteiger partial charge >= 0.3 is 5.97 Å². The first-order valence-corrected chi connectivity index (χ1v) is 6.52. The SMILES string of the molecule is COCCN(CCOC)c1ccc(F)cc1C=CC(=O)O. The third-order valence-electron chi connectivity index (χ3n) is 2.87. The molecule has 0 unspecified atom stereocenters. The molecule has 1 aromatic carbocycles. The summed E-state index contributed by atoms with van der Waals surface area (Å²) in [5.41, 5.74) is 1.24. The summed E-state index contributed by atoms with van der Waals surface area (Å²) in [6.45, 7) is 2.20. The van der Waals surface area contributed by atoms with Gasteiger partial charge in [-0.25, -0.2) is 9.18 Å². The third kappa shape index (κ3) is 5.93. The zero-order valence-corrected chi connectivity index (χ0v) is 12.2. The zero-order valence-electron chi connectivity index (χ0n) is 12.2. The molecule has 0 aliphatic carbocycles. The number of methoxy groups -OCH3 is 2. The van der Waals surface area contributed by atoms with Crippen molar-refractivity contribution in [2.75, 3.05) is 45.4 Å². The molecule has 116 valence electrons. The fraction of sp³-hybridized carbons (Fsp3) is 0.400. The van der Waals surface area contributed by atoms with Gasteiger partial charge in [-0.2, -0.15) is 0 Å². The zero-order chi connectivity index (χ0) is 15.7. The Morgan fingerprint density at radius 3 is 2.43 bits per heavy atom. The lowest BCUT2D eigenvalue weighted by molar-refractivity contribution is -0.131. The van der Waals surface area contributed by atoms with E-state index in [1.165, 1.54) is 18.2 Å². The Morgan fingerprint density at radius 2 is 1.90 bits per heavy atom. The van der Waals surface area contributed by atoms with E-state index >= 15 is 0 Å². The first-order valence-electron chi connectivity index (χ1n) is 6.52. The first kappa shape index (κ1) is 17.1. The van der Waals surface area contributed by atoms with Crippen LogP contribution in [0.1, 0.15) is 5.56 Å². The predicted octanol–water partition coefficient (Wildman–Crippen LogP) is 2.02. The minimum absolute atomic E-state index is 0.415. The smallest absolute Gasteiger partial charge is 0.328 e. The molecule has 0 aliphatic heterocycles. The van der Waals surface area contributed by atoms with E-state index in [-0.39, 0.29) is 0 Å². The van der Waals surface area contributed by atoms with Gasteiger partial charge in [-0.15, -0.1) is 0 Å². The molecule has 21 heavy (non-hydrogen) atoms. The molecular weight excluding hydrogens is 277 g/mol. The number of hydrogen-bond acceptors (Lipinski definition) is 4. The summed E-state index contributed by atoms with van der Waals surface area (Å²) in [7, 11) is 3.20. The maximum absolute atomic E-state index is 13.4. The Bertz CT molecular complexity index is 483. The molecule has 0 saturated carbocycles. The minimum Gasteiger partial charge on any atom is -0.478 e. The van der Waals surface area contributed by atoms with E-state index in [9.17, 15) is 9.18 Å². The Balaban J connectivity index is 3.06. The average Bonchev–Trinajstić information content (AvgIpc) is 2.46. The molecule has 1 aromatic rings. The van der Waals surface area contributed by atoms with Gasteiger partial charge in [0.15, 0.2) is 0 Å². The van der Waals surface area contributed by atoms with E-state index in [4.69, 9.17) is 14.6 Å². The highest BCUT2D eigenvalue weighted by Crippen LogP contribution is 2.23. The Labute approximate surface area is 123 Å². The summed E-state index contributed by atoms with van der Waals surface area (Å²) in [4.78, 5) is 12.6. The molecule has 6 heteroatoms. The Hall–Kier alpha value is -1.92. The Kier molecular flexibility index (Phi) is 7.42. The van der Waals surface area contributed by atoms with Crippen LogP contribution in [0, 0.1) is 5.82 Å². The quantitative estimate of drug-likeness (QED) is 0.707. The summed E-state index contributed by atoms with van der Waals surface area (Å²) < 4.78 is 23.5. The fourth-order valence-corrected chi connectivity index (χ4v) is 1.86. The summed E-state index contributed by atoms with van der Waals surface area (Å²) >= 11 is 0. The second-order valence-corrected chi connectivity index (χ2v) is 4.35. The molecule has 0 amide bonds. The van der Waals surface area contributed by atoms with Crippen LogP contribution in [0.5, 0.6) is 0 Å². The topological polar surface area (TPSA) is 59.0 Å². The molecule has 1 rings (SSSR count). The van der Waals surface area contributed by atoms with Crippen molar-refractivity contribution < 1.29 is 23.8 Å². The van der Waals surface area contributed by atoms with Gasteiger partial charge in [0.2, 0.25) is 0 Å². The van der Waals surface area contributed by atoms with E-state index in [1.807, 2.05) is 4.90 Å². The van der Waals surface area contributed by atoms with Gasteiger partial charge in [-0.05, 0) is 24.3 Å². The van der Waals surface area contributed by atoms with Crippen LogP contribution in [0.15, 0.2) is 24.3 Å². The van der Waals surface area contributed by atoms with E-state index < -0.39 is 11.8 Å². The van der Waals surface area contributed by atoms with Crippen LogP contribution in [-0.4, -0.2) is 51.6 Å². The molecule has 1 N–H and O–H groups in total. The highest BCUT2D eigenvalue weighted by Gasteiger charge is 2.11. The summed E-state index contributed by atoms with van der Waals surface area (Å²) in [6, 6.07) is 4.28. The van der Waals surface area contributed by atoms with Crippen molar-refractivity contribution in [2.45, 2.75) is 0 Å². The molecular formula is C15H20FNO4. The van der Waals surface area contributed by atoms with Crippen molar-refractivity contribution in [3.05, 3.63) is 35.7 Å². The van der Waals surface area contributed by atoms with E-state index in [2.05, 4.69) is 0 Å². The van der Waals surface area contributed by atoms with Crippen molar-refractivity contribution in [3.8, 4) is 0 Å². The molecule has 5 nitrogen and oxygen atoms in total. The second-order valence-electron chi connectivity index (χ2n) is 4.35. The van der Waals surface area contributed by atoms with Crippen LogP contribution in [-0.2, 0) is 14.3 Å². The van der Waals surface area contributed by atoms with Crippen LogP contribution in [0.4, 0.5) is 10.1 Å². The normalized spacial score (nSPS) is 11.0. The lowest BCUT2D eigenvalue weighted by Gasteiger charge is -2.26. The van der Waals surface area contributed by atoms with Crippen molar-refractivity contribution in [3.63, 3.8) is 0 Å². The first-order chi connectivity index (χ1) is 10.1. The molecule has 0 atom stereocenters. The molecule has 0 fully saturated rings. The maximum Gasteiger partial charge on any atom is 0.328 e. The third-order valence-corrected chi connectivity index (χ3v) is 2.87. The van der Waals surface area contributed by atoms with Gasteiger partial charge in [0.25, 0.3) is 0 Å². The monoisotopic (exact) mass is 297 g/mol. The standard InChI is InChI=1S/C15H20FNO4/c1-20-9-7-17(8-10-21-2)14-5-4-13(16)11-12(14)3-6-15(18)19/h3-6,11H,7-10H2,1-2H3,(H,18,19). The molecule has 0 saturated heterocycles. The molecule has 0 aromatic heterocycles. The summed E-state index contributed by atoms with van der Waals surface area (Å²) in [5, 5.41) is 8.72. The number of carboxylic acids is 1. The number of hydrogen-bond donors (Lipinski definition) is 1. The summed E-state index contributed by atoms with van der Waals surface area (Å²) in [5.74, 6) is -1.49. The van der Waals surface area contributed by atoms with Crippen LogP contribution in [0.25, 0.3) is 6.08 Å². The highest BCUT2D eigenvalue weighted by atomic mass is 19.1. The number of aliphatic carboxylic acids is 1. The highest BCUT2D eigenvalue weighted by molar-refractivity contribution is 5.87. The van der Waals surface area contributed by atoms with Crippen molar-refractivity contribution >= 4 is 17.7 Å². The Morgan fingerprint density at radius 1 is 1.29 bits per heavy atom. The van der Waals surface area contributed by atoms with E-state index in [1.54, 1.807) is 20.3 Å². The number of halogens is 1. The lowest BCUT2D eigenvalue weighted by Crippen LogP contribution is -2.31. The van der Waals surface area contributed by atoms with Crippen LogP contribution in [0.3, 0.4) is 0 Å². The second kappa shape index (κ2) is 9.10. The van der Waals surface area contributed by atoms with Gasteiger partial charge in [0.05, 0.1) is 13.2 Å². The molecule has 0 aliphatic rings. The largest absolute Gasteiger partial charge is 0.478 e. The number of benzene rings is 1. The molecule has 0 spiro atoms. The fourth-order valence-electron chi connectivity index (χ4n) is 1.86. The number of ether oxygens (including phenoxy) is 2. The molecule has 0 heterocycles. The lowest BCUT2D eigenvalue weighted by atomic mass is 10.1. The van der Waals surface area contributed by atoms with Crippen LogP contribution in [0.2, 0.25) is 0 Å². The van der Waals surface area contributed by atoms with Crippen molar-refractivity contribution in [1.29, 1.82) is 0 Å². The van der Waals surface area contributed by atoms with Gasteiger partial charge in [-0.3, -0.25) is 0 Å². The molecule has 0 bridgehead atoms. The number of carbonyl (C=O) groups is 1.